The minimum Gasteiger partial charge on any atom is -0.489 e. The Bertz CT molecular complexity index is 1970. The number of ether oxygens (including phenoxy) is 2. The Morgan fingerprint density at radius 2 is 1.94 bits per heavy atom. The fourth-order valence-corrected chi connectivity index (χ4v) is 7.24. The van der Waals surface area contributed by atoms with E-state index < -0.39 is 75.8 Å². The molecule has 0 amide bonds. The second-order valence-electron chi connectivity index (χ2n) is 12.3. The van der Waals surface area contributed by atoms with Crippen LogP contribution in [-0.4, -0.2) is 74.1 Å². The number of nitrogens with zero attached hydrogens (tertiary/aromatic N) is 7. The third kappa shape index (κ3) is 5.14. The average molecular weight is 696 g/mol. The summed E-state index contributed by atoms with van der Waals surface area (Å²) < 4.78 is 101. The zero-order valence-electron chi connectivity index (χ0n) is 25.5. The maximum atomic E-state index is 16.9. The van der Waals surface area contributed by atoms with Gasteiger partial charge in [0.15, 0.2) is 11.6 Å². The molecule has 0 unspecified atom stereocenters. The maximum absolute atomic E-state index is 16.9. The van der Waals surface area contributed by atoms with Gasteiger partial charge in [0, 0.05) is 24.7 Å². The Kier molecular flexibility index (Phi) is 7.43. The predicted octanol–water partition coefficient (Wildman–Crippen LogP) is 5.59. The summed E-state index contributed by atoms with van der Waals surface area (Å²) in [5, 5.41) is -0.561. The van der Waals surface area contributed by atoms with E-state index in [0.29, 0.717) is 18.5 Å². The third-order valence-corrected chi connectivity index (χ3v) is 9.60. The van der Waals surface area contributed by atoms with Crippen molar-refractivity contribution in [3.63, 3.8) is 0 Å². The van der Waals surface area contributed by atoms with Crippen molar-refractivity contribution in [1.29, 1.82) is 0 Å². The second-order valence-corrected chi connectivity index (χ2v) is 12.6. The van der Waals surface area contributed by atoms with E-state index in [2.05, 4.69) is 24.9 Å². The molecule has 48 heavy (non-hydrogen) atoms. The van der Waals surface area contributed by atoms with Gasteiger partial charge in [-0.05, 0) is 31.9 Å². The Morgan fingerprint density at radius 1 is 1.17 bits per heavy atom. The normalized spacial score (nSPS) is 21.0. The zero-order valence-corrected chi connectivity index (χ0v) is 26.3. The number of nitrogen functional groups attached to an aromatic ring is 2. The molecule has 0 spiro atoms. The van der Waals surface area contributed by atoms with Crippen molar-refractivity contribution in [2.75, 3.05) is 49.2 Å². The van der Waals surface area contributed by atoms with Crippen molar-refractivity contribution in [3.05, 3.63) is 46.1 Å². The predicted molar refractivity (Wildman–Crippen MR) is 164 cm³/mol. The minimum atomic E-state index is -4.97. The van der Waals surface area contributed by atoms with Gasteiger partial charge in [-0.1, -0.05) is 11.6 Å². The molecular formula is C30H28ClF6N9O2. The molecule has 3 aliphatic heterocycles. The lowest BCUT2D eigenvalue weighted by molar-refractivity contribution is -0.137. The minimum absolute atomic E-state index is 0.0538. The molecule has 18 heteroatoms. The molecule has 2 fully saturated rings. The fraction of sp³-hybridized carbons (Fsp3) is 0.433. The highest BCUT2D eigenvalue weighted by molar-refractivity contribution is 6.36. The molecule has 3 aromatic heterocycles. The molecule has 7 rings (SSSR count). The second kappa shape index (κ2) is 11.1. The summed E-state index contributed by atoms with van der Waals surface area (Å²) in [6.07, 6.45) is -2.19. The molecule has 11 nitrogen and oxygen atoms in total. The maximum Gasteiger partial charge on any atom is 0.418 e. The number of rotatable bonds is 6. The number of aromatic nitrogens is 5. The van der Waals surface area contributed by atoms with Crippen molar-refractivity contribution < 1.29 is 35.8 Å². The molecule has 3 aliphatic rings. The van der Waals surface area contributed by atoms with Crippen molar-refractivity contribution in [1.82, 2.24) is 29.8 Å². The van der Waals surface area contributed by atoms with E-state index in [1.807, 2.05) is 0 Å². The van der Waals surface area contributed by atoms with E-state index in [0.717, 1.165) is 6.07 Å². The van der Waals surface area contributed by atoms with Crippen LogP contribution in [0.1, 0.15) is 42.5 Å². The number of aryl methyl sites for hydroxylation is 1. The van der Waals surface area contributed by atoms with E-state index in [9.17, 15) is 22.0 Å². The lowest BCUT2D eigenvalue weighted by Crippen LogP contribution is -2.59. The highest BCUT2D eigenvalue weighted by Gasteiger charge is 2.60. The van der Waals surface area contributed by atoms with Crippen molar-refractivity contribution in [3.8, 4) is 23.0 Å². The van der Waals surface area contributed by atoms with Crippen LogP contribution in [0.4, 0.5) is 43.8 Å². The number of hydrogen-bond acceptors (Lipinski definition) is 11. The number of fused-ring (bicyclic) bond motifs is 1. The molecule has 2 atom stereocenters. The topological polar surface area (TPSA) is 141 Å². The van der Waals surface area contributed by atoms with Crippen molar-refractivity contribution >= 4 is 40.0 Å². The van der Waals surface area contributed by atoms with Crippen LogP contribution in [0.15, 0.2) is 18.6 Å². The molecular weight excluding hydrogens is 668 g/mol. The first kappa shape index (κ1) is 32.2. The number of hydrogen-bond donors (Lipinski definition) is 2. The van der Waals surface area contributed by atoms with Crippen LogP contribution in [0.3, 0.4) is 0 Å². The van der Waals surface area contributed by atoms with Crippen molar-refractivity contribution in [2.24, 2.45) is 0 Å². The van der Waals surface area contributed by atoms with E-state index in [1.165, 1.54) is 19.4 Å². The van der Waals surface area contributed by atoms with Gasteiger partial charge in [0.05, 0.1) is 51.9 Å². The van der Waals surface area contributed by atoms with Gasteiger partial charge in [0.2, 0.25) is 0 Å². The SMILES string of the molecule is Cc1cc(N)nc(-c2c(Cl)c3c4c(nc(OC[C@]56CCN5CC(F)(F)C6)nc4c2F)N([C@H](C)c2cncnc2N)CCO3)c1C(F)(F)F. The van der Waals surface area contributed by atoms with Gasteiger partial charge in [-0.2, -0.15) is 23.1 Å². The van der Waals surface area contributed by atoms with Gasteiger partial charge in [0.1, 0.15) is 42.5 Å². The summed E-state index contributed by atoms with van der Waals surface area (Å²) in [5.41, 5.74) is 7.87. The molecule has 0 radical (unpaired) electrons. The van der Waals surface area contributed by atoms with E-state index in [1.54, 1.807) is 16.7 Å². The molecule has 2 saturated heterocycles. The lowest BCUT2D eigenvalue weighted by Gasteiger charge is -2.46. The molecule has 4 aromatic rings. The highest BCUT2D eigenvalue weighted by Crippen LogP contribution is 2.51. The van der Waals surface area contributed by atoms with Crippen LogP contribution in [-0.2, 0) is 6.18 Å². The lowest BCUT2D eigenvalue weighted by atomic mass is 9.85. The summed E-state index contributed by atoms with van der Waals surface area (Å²) in [5.74, 6) is -4.46. The molecule has 0 saturated carbocycles. The number of benzene rings is 1. The van der Waals surface area contributed by atoms with Crippen LogP contribution in [0, 0.1) is 12.7 Å². The first-order valence-corrected chi connectivity index (χ1v) is 15.3. The Labute approximate surface area is 274 Å². The standard InChI is InChI=1S/C30H28ClF6N9O2/c1-13-7-16(38)42-22(19(13)30(35,36)37)17-20(31)24-18-23(21(17)32)43-27(48-11-28-3-4-45(28)10-29(33,34)9-28)44-26(18)46(5-6-47-24)14(2)15-8-40-12-41-25(15)39/h7-8,12,14H,3-6,9-11H2,1-2H3,(H2,38,42)(H2,39,40,41)/t14-,28-/m1/s1. The van der Waals surface area contributed by atoms with Crippen molar-refractivity contribution in [2.45, 2.75) is 50.4 Å². The van der Waals surface area contributed by atoms with E-state index in [4.69, 9.17) is 32.5 Å². The van der Waals surface area contributed by atoms with Crippen LogP contribution >= 0.6 is 11.6 Å². The first-order valence-electron chi connectivity index (χ1n) is 14.9. The highest BCUT2D eigenvalue weighted by atomic mass is 35.5. The summed E-state index contributed by atoms with van der Waals surface area (Å²) in [7, 11) is 0. The van der Waals surface area contributed by atoms with E-state index >= 15 is 4.39 Å². The summed E-state index contributed by atoms with van der Waals surface area (Å²) in [6, 6.07) is 0.0269. The average Bonchev–Trinajstić information content (AvgIpc) is 3.10. The third-order valence-electron chi connectivity index (χ3n) is 9.24. The van der Waals surface area contributed by atoms with Crippen LogP contribution in [0.2, 0.25) is 5.02 Å². The number of halogens is 7. The number of pyridine rings is 1. The summed E-state index contributed by atoms with van der Waals surface area (Å²) >= 11 is 6.72. The largest absolute Gasteiger partial charge is 0.489 e. The Balaban J connectivity index is 1.45. The number of nitrogens with two attached hydrogens (primary N) is 2. The van der Waals surface area contributed by atoms with Gasteiger partial charge < -0.3 is 25.8 Å². The van der Waals surface area contributed by atoms with E-state index in [-0.39, 0.29) is 53.9 Å². The summed E-state index contributed by atoms with van der Waals surface area (Å²) in [6.45, 7) is 2.77. The van der Waals surface area contributed by atoms with Gasteiger partial charge in [-0.15, -0.1) is 0 Å². The zero-order chi connectivity index (χ0) is 34.3. The summed E-state index contributed by atoms with van der Waals surface area (Å²) in [4.78, 5) is 24.1. The van der Waals surface area contributed by atoms with Crippen LogP contribution in [0.25, 0.3) is 22.2 Å². The number of anilines is 3. The van der Waals surface area contributed by atoms with Crippen LogP contribution in [0.5, 0.6) is 11.8 Å². The molecule has 0 aliphatic carbocycles. The number of alkyl halides is 5. The smallest absolute Gasteiger partial charge is 0.418 e. The van der Waals surface area contributed by atoms with Gasteiger partial charge in [0.25, 0.3) is 5.92 Å². The fourth-order valence-electron chi connectivity index (χ4n) is 6.92. The first-order chi connectivity index (χ1) is 22.6. The molecule has 4 N–H and O–H groups in total. The van der Waals surface area contributed by atoms with Crippen LogP contribution < -0.4 is 25.8 Å². The molecule has 254 valence electrons. The van der Waals surface area contributed by atoms with Gasteiger partial charge >= 0.3 is 12.2 Å². The molecule has 1 aromatic carbocycles. The monoisotopic (exact) mass is 695 g/mol. The van der Waals surface area contributed by atoms with Gasteiger partial charge in [-0.3, -0.25) is 4.90 Å². The molecule has 6 heterocycles. The quantitative estimate of drug-likeness (QED) is 0.244. The molecule has 0 bridgehead atoms. The Morgan fingerprint density at radius 3 is 2.60 bits per heavy atom. The Hall–Kier alpha value is -4.38. The van der Waals surface area contributed by atoms with Gasteiger partial charge in [-0.25, -0.2) is 28.1 Å².